The quantitative estimate of drug-likeness (QED) is 0.669. The van der Waals surface area contributed by atoms with Gasteiger partial charge in [-0.2, -0.15) is 0 Å². The molecular weight excluding hydrogens is 301 g/mol. The highest BCUT2D eigenvalue weighted by atomic mass is 127. The summed E-state index contributed by atoms with van der Waals surface area (Å²) in [6.45, 7) is 4.14. The van der Waals surface area contributed by atoms with Crippen molar-refractivity contribution in [2.24, 2.45) is 0 Å². The zero-order valence-electron chi connectivity index (χ0n) is 9.33. The highest BCUT2D eigenvalue weighted by molar-refractivity contribution is 14.1. The van der Waals surface area contributed by atoms with E-state index in [0.717, 1.165) is 29.4 Å². The lowest BCUT2D eigenvalue weighted by Crippen LogP contribution is -2.07. The minimum absolute atomic E-state index is 0.175. The number of hydrogen-bond donors (Lipinski definition) is 1. The highest BCUT2D eigenvalue weighted by Crippen LogP contribution is 2.15. The second-order valence-corrected chi connectivity index (χ2v) is 4.77. The van der Waals surface area contributed by atoms with E-state index in [1.807, 2.05) is 13.1 Å². The van der Waals surface area contributed by atoms with Gasteiger partial charge in [-0.3, -0.25) is 0 Å². The first kappa shape index (κ1) is 12.9. The van der Waals surface area contributed by atoms with Gasteiger partial charge in [-0.1, -0.05) is 19.9 Å². The lowest BCUT2D eigenvalue weighted by atomic mass is 10.1. The number of hydrogen-bond acceptors (Lipinski definition) is 2. The van der Waals surface area contributed by atoms with Crippen molar-refractivity contribution in [1.82, 2.24) is 4.98 Å². The smallest absolute Gasteiger partial charge is 0.104 e. The first-order valence-electron chi connectivity index (χ1n) is 5.48. The zero-order chi connectivity index (χ0) is 11.3. The monoisotopic (exact) mass is 319 g/mol. The number of aromatic nitrogens is 1. The van der Waals surface area contributed by atoms with Gasteiger partial charge in [0.15, 0.2) is 0 Å². The standard InChI is InChI=1S/C12H18INO/c1-3-9-7-10(12(13)14-8-9)5-6-11(15)4-2/h7-8,11,15H,3-6H2,1-2H3. The molecule has 1 unspecified atom stereocenters. The van der Waals surface area contributed by atoms with Crippen LogP contribution in [0.3, 0.4) is 0 Å². The van der Waals surface area contributed by atoms with E-state index in [1.54, 1.807) is 0 Å². The molecule has 0 bridgehead atoms. The van der Waals surface area contributed by atoms with Crippen molar-refractivity contribution in [3.05, 3.63) is 27.1 Å². The second kappa shape index (κ2) is 6.43. The van der Waals surface area contributed by atoms with Crippen LogP contribution in [0, 0.1) is 3.70 Å². The Bertz CT molecular complexity index is 314. The molecule has 0 spiro atoms. The van der Waals surface area contributed by atoms with Crippen LogP contribution in [0.15, 0.2) is 12.3 Å². The third-order valence-electron chi connectivity index (χ3n) is 2.59. The summed E-state index contributed by atoms with van der Waals surface area (Å²) in [5, 5.41) is 9.51. The van der Waals surface area contributed by atoms with Gasteiger partial charge in [-0.05, 0) is 59.4 Å². The maximum absolute atomic E-state index is 9.51. The Morgan fingerprint density at radius 1 is 1.47 bits per heavy atom. The van der Waals surface area contributed by atoms with Crippen molar-refractivity contribution >= 4 is 22.6 Å². The van der Waals surface area contributed by atoms with Gasteiger partial charge in [-0.25, -0.2) is 4.98 Å². The largest absolute Gasteiger partial charge is 0.393 e. The minimum Gasteiger partial charge on any atom is -0.393 e. The van der Waals surface area contributed by atoms with Crippen LogP contribution in [0.2, 0.25) is 0 Å². The lowest BCUT2D eigenvalue weighted by molar-refractivity contribution is 0.160. The molecule has 0 radical (unpaired) electrons. The van der Waals surface area contributed by atoms with E-state index < -0.39 is 0 Å². The summed E-state index contributed by atoms with van der Waals surface area (Å²) in [5.41, 5.74) is 2.54. The minimum atomic E-state index is -0.175. The fourth-order valence-electron chi connectivity index (χ4n) is 1.44. The Labute approximate surface area is 105 Å². The SMILES string of the molecule is CCc1cnc(I)c(CCC(O)CC)c1. The maximum atomic E-state index is 9.51. The predicted molar refractivity (Wildman–Crippen MR) is 71.0 cm³/mol. The topological polar surface area (TPSA) is 33.1 Å². The Morgan fingerprint density at radius 3 is 2.80 bits per heavy atom. The molecule has 0 aliphatic rings. The van der Waals surface area contributed by atoms with Crippen LogP contribution in [0.25, 0.3) is 0 Å². The third kappa shape index (κ3) is 4.07. The van der Waals surface area contributed by atoms with Crippen LogP contribution >= 0.6 is 22.6 Å². The molecule has 3 heteroatoms. The first-order valence-corrected chi connectivity index (χ1v) is 6.56. The van der Waals surface area contributed by atoms with Gasteiger partial charge in [0.25, 0.3) is 0 Å². The van der Waals surface area contributed by atoms with E-state index in [0.29, 0.717) is 0 Å². The summed E-state index contributed by atoms with van der Waals surface area (Å²) >= 11 is 2.26. The van der Waals surface area contributed by atoms with Crippen LogP contribution in [-0.4, -0.2) is 16.2 Å². The third-order valence-corrected chi connectivity index (χ3v) is 3.57. The average Bonchev–Trinajstić information content (AvgIpc) is 2.27. The van der Waals surface area contributed by atoms with Gasteiger partial charge < -0.3 is 5.11 Å². The number of halogens is 1. The highest BCUT2D eigenvalue weighted by Gasteiger charge is 2.06. The van der Waals surface area contributed by atoms with Crippen LogP contribution in [0.1, 0.15) is 37.8 Å². The maximum Gasteiger partial charge on any atom is 0.104 e. The molecule has 1 aromatic rings. The van der Waals surface area contributed by atoms with Crippen LogP contribution in [0.4, 0.5) is 0 Å². The molecule has 84 valence electrons. The molecule has 0 saturated heterocycles. The van der Waals surface area contributed by atoms with Gasteiger partial charge >= 0.3 is 0 Å². The summed E-state index contributed by atoms with van der Waals surface area (Å²) in [4.78, 5) is 4.36. The van der Waals surface area contributed by atoms with E-state index in [-0.39, 0.29) is 6.10 Å². The van der Waals surface area contributed by atoms with Crippen molar-refractivity contribution in [2.75, 3.05) is 0 Å². The summed E-state index contributed by atoms with van der Waals surface area (Å²) < 4.78 is 1.06. The van der Waals surface area contributed by atoms with Crippen molar-refractivity contribution in [1.29, 1.82) is 0 Å². The predicted octanol–water partition coefficient (Wildman–Crippen LogP) is 2.95. The van der Waals surface area contributed by atoms with Crippen molar-refractivity contribution in [2.45, 2.75) is 45.6 Å². The van der Waals surface area contributed by atoms with Crippen LogP contribution < -0.4 is 0 Å². The molecule has 1 heterocycles. The van der Waals surface area contributed by atoms with Gasteiger partial charge in [0.1, 0.15) is 3.70 Å². The van der Waals surface area contributed by atoms with Crippen LogP contribution in [0.5, 0.6) is 0 Å². The van der Waals surface area contributed by atoms with Crippen LogP contribution in [-0.2, 0) is 12.8 Å². The zero-order valence-corrected chi connectivity index (χ0v) is 11.5. The Hall–Kier alpha value is -0.160. The fraction of sp³-hybridized carbons (Fsp3) is 0.583. The Kier molecular flexibility index (Phi) is 5.53. The molecule has 1 atom stereocenters. The molecule has 1 rings (SSSR count). The van der Waals surface area contributed by atoms with E-state index >= 15 is 0 Å². The van der Waals surface area contributed by atoms with E-state index in [9.17, 15) is 5.11 Å². The summed E-state index contributed by atoms with van der Waals surface area (Å²) in [7, 11) is 0. The average molecular weight is 319 g/mol. The molecule has 2 nitrogen and oxygen atoms in total. The molecule has 0 aliphatic heterocycles. The Morgan fingerprint density at radius 2 is 2.20 bits per heavy atom. The molecule has 0 saturated carbocycles. The van der Waals surface area contributed by atoms with Gasteiger partial charge in [-0.15, -0.1) is 0 Å². The Balaban J connectivity index is 2.66. The second-order valence-electron chi connectivity index (χ2n) is 3.75. The van der Waals surface area contributed by atoms with E-state index in [2.05, 4.69) is 40.6 Å². The molecule has 0 amide bonds. The molecule has 0 aliphatic carbocycles. The van der Waals surface area contributed by atoms with E-state index in [1.165, 1.54) is 11.1 Å². The number of aliphatic hydroxyl groups excluding tert-OH is 1. The number of aryl methyl sites for hydroxylation is 2. The van der Waals surface area contributed by atoms with Crippen molar-refractivity contribution in [3.63, 3.8) is 0 Å². The normalized spacial score (nSPS) is 12.8. The number of nitrogens with zero attached hydrogens (tertiary/aromatic N) is 1. The molecule has 15 heavy (non-hydrogen) atoms. The molecule has 0 aromatic carbocycles. The molecule has 1 aromatic heterocycles. The van der Waals surface area contributed by atoms with Gasteiger partial charge in [0.2, 0.25) is 0 Å². The van der Waals surface area contributed by atoms with Gasteiger partial charge in [0, 0.05) is 6.20 Å². The van der Waals surface area contributed by atoms with Crippen molar-refractivity contribution in [3.8, 4) is 0 Å². The molecule has 0 fully saturated rings. The summed E-state index contributed by atoms with van der Waals surface area (Å²) in [5.74, 6) is 0. The lowest BCUT2D eigenvalue weighted by Gasteiger charge is -2.09. The molecular formula is C12H18INO. The summed E-state index contributed by atoms with van der Waals surface area (Å²) in [6, 6.07) is 2.21. The number of pyridine rings is 1. The van der Waals surface area contributed by atoms with Gasteiger partial charge in [0.05, 0.1) is 6.10 Å². The fourth-order valence-corrected chi connectivity index (χ4v) is 2.00. The number of rotatable bonds is 5. The van der Waals surface area contributed by atoms with E-state index in [4.69, 9.17) is 0 Å². The molecule has 1 N–H and O–H groups in total. The summed E-state index contributed by atoms with van der Waals surface area (Å²) in [6.07, 6.45) is 5.37. The van der Waals surface area contributed by atoms with Crippen molar-refractivity contribution < 1.29 is 5.11 Å². The number of aliphatic hydroxyl groups is 1. The first-order chi connectivity index (χ1) is 7.17.